The topological polar surface area (TPSA) is 32.7 Å². The summed E-state index contributed by atoms with van der Waals surface area (Å²) >= 11 is 0. The fourth-order valence-electron chi connectivity index (χ4n) is 2.63. The molecule has 0 N–H and O–H groups in total. The molecule has 25 heavy (non-hydrogen) atoms. The number of benzene rings is 2. The van der Waals surface area contributed by atoms with Gasteiger partial charge in [-0.1, -0.05) is 55.1 Å². The Morgan fingerprint density at radius 3 is 2.48 bits per heavy atom. The molecule has 3 nitrogen and oxygen atoms in total. The number of aliphatic imine (C=N–C) groups is 1. The van der Waals surface area contributed by atoms with Gasteiger partial charge in [0.25, 0.3) is 0 Å². The predicted molar refractivity (Wildman–Crippen MR) is 98.5 cm³/mol. The summed E-state index contributed by atoms with van der Waals surface area (Å²) in [5, 5.41) is 0. The third-order valence-electron chi connectivity index (χ3n) is 3.86. The molecule has 3 rings (SSSR count). The lowest BCUT2D eigenvalue weighted by molar-refractivity contribution is 0.112. The van der Waals surface area contributed by atoms with Gasteiger partial charge in [-0.2, -0.15) is 0 Å². The van der Waals surface area contributed by atoms with Crippen LogP contribution in [-0.4, -0.2) is 16.9 Å². The second-order valence-corrected chi connectivity index (χ2v) is 5.53. The minimum atomic E-state index is -0.320. The summed E-state index contributed by atoms with van der Waals surface area (Å²) in [6.45, 7) is 5.86. The van der Waals surface area contributed by atoms with Gasteiger partial charge in [-0.15, -0.1) is 0 Å². The molecule has 0 aliphatic carbocycles. The summed E-state index contributed by atoms with van der Waals surface area (Å²) in [5.74, 6) is 0.214. The van der Waals surface area contributed by atoms with E-state index in [2.05, 4.69) is 11.6 Å². The quantitative estimate of drug-likeness (QED) is 0.754. The molecule has 0 fully saturated rings. The Labute approximate surface area is 146 Å². The van der Waals surface area contributed by atoms with E-state index in [0.717, 1.165) is 11.8 Å². The normalized spacial score (nSPS) is 14.5. The molecule has 0 spiro atoms. The molecular formula is C21H17FN2O. The Hall–Kier alpha value is -3.27. The number of aldehydes is 1. The number of halogens is 1. The molecule has 2 aromatic carbocycles. The molecule has 0 saturated heterocycles. The summed E-state index contributed by atoms with van der Waals surface area (Å²) in [7, 11) is 0. The molecular weight excluding hydrogens is 315 g/mol. The van der Waals surface area contributed by atoms with E-state index in [1.807, 2.05) is 25.4 Å². The van der Waals surface area contributed by atoms with Crippen LogP contribution in [0.5, 0.6) is 0 Å². The third-order valence-corrected chi connectivity index (χ3v) is 3.86. The zero-order valence-electron chi connectivity index (χ0n) is 13.8. The van der Waals surface area contributed by atoms with Gasteiger partial charge in [0.2, 0.25) is 0 Å². The SMILES string of the molecule is C=C1N=C(c2ccc(C=O)cc2)C(c2ccccc2F)=CN1C=CC. The maximum atomic E-state index is 14.4. The monoisotopic (exact) mass is 332 g/mol. The molecule has 0 aromatic heterocycles. The van der Waals surface area contributed by atoms with Gasteiger partial charge in [0.1, 0.15) is 17.9 Å². The summed E-state index contributed by atoms with van der Waals surface area (Å²) in [5.41, 5.74) is 3.10. The molecule has 0 unspecified atom stereocenters. The molecule has 0 radical (unpaired) electrons. The van der Waals surface area contributed by atoms with Crippen molar-refractivity contribution >= 4 is 17.6 Å². The van der Waals surface area contributed by atoms with Crippen LogP contribution >= 0.6 is 0 Å². The van der Waals surface area contributed by atoms with Crippen molar-refractivity contribution in [2.24, 2.45) is 4.99 Å². The van der Waals surface area contributed by atoms with Gasteiger partial charge in [0.05, 0.1) is 5.71 Å². The van der Waals surface area contributed by atoms with Crippen molar-refractivity contribution in [2.45, 2.75) is 6.92 Å². The number of rotatable bonds is 4. The zero-order chi connectivity index (χ0) is 17.8. The molecule has 1 heterocycles. The zero-order valence-corrected chi connectivity index (χ0v) is 13.8. The van der Waals surface area contributed by atoms with Crippen LogP contribution in [0.1, 0.15) is 28.4 Å². The van der Waals surface area contributed by atoms with Crippen LogP contribution in [0.2, 0.25) is 0 Å². The van der Waals surface area contributed by atoms with Crippen molar-refractivity contribution in [3.8, 4) is 0 Å². The van der Waals surface area contributed by atoms with Crippen LogP contribution in [0.15, 0.2) is 84.4 Å². The van der Waals surface area contributed by atoms with Gasteiger partial charge in [-0.05, 0) is 13.0 Å². The summed E-state index contributed by atoms with van der Waals surface area (Å²) in [6.07, 6.45) is 6.28. The molecule has 124 valence electrons. The summed E-state index contributed by atoms with van der Waals surface area (Å²) in [4.78, 5) is 17.2. The average molecular weight is 332 g/mol. The lowest BCUT2D eigenvalue weighted by atomic mass is 9.94. The number of hydrogen-bond acceptors (Lipinski definition) is 3. The van der Waals surface area contributed by atoms with E-state index in [0.29, 0.717) is 28.2 Å². The van der Waals surface area contributed by atoms with E-state index in [9.17, 15) is 9.18 Å². The van der Waals surface area contributed by atoms with E-state index in [1.54, 1.807) is 47.4 Å². The van der Waals surface area contributed by atoms with Gasteiger partial charge in [0.15, 0.2) is 0 Å². The molecule has 2 aromatic rings. The van der Waals surface area contributed by atoms with Crippen molar-refractivity contribution in [3.63, 3.8) is 0 Å². The highest BCUT2D eigenvalue weighted by Gasteiger charge is 2.21. The molecule has 0 bridgehead atoms. The minimum Gasteiger partial charge on any atom is -0.309 e. The van der Waals surface area contributed by atoms with Crippen molar-refractivity contribution in [3.05, 3.63) is 102 Å². The Morgan fingerprint density at radius 2 is 1.84 bits per heavy atom. The highest BCUT2D eigenvalue weighted by atomic mass is 19.1. The number of allylic oxidation sites excluding steroid dienone is 2. The Kier molecular flexibility index (Phi) is 4.70. The van der Waals surface area contributed by atoms with Gasteiger partial charge in [0, 0.05) is 34.7 Å². The number of carbonyl (C=O) groups is 1. The average Bonchev–Trinajstić information content (AvgIpc) is 2.64. The summed E-state index contributed by atoms with van der Waals surface area (Å²) in [6, 6.07) is 13.6. The van der Waals surface area contributed by atoms with E-state index < -0.39 is 0 Å². The fraction of sp³-hybridized carbons (Fsp3) is 0.0476. The van der Waals surface area contributed by atoms with Crippen LogP contribution in [-0.2, 0) is 0 Å². The first-order valence-electron chi connectivity index (χ1n) is 7.85. The van der Waals surface area contributed by atoms with Gasteiger partial charge in [-0.25, -0.2) is 9.38 Å². The Balaban J connectivity index is 2.15. The van der Waals surface area contributed by atoms with E-state index in [-0.39, 0.29) is 5.82 Å². The molecule has 1 aliphatic heterocycles. The van der Waals surface area contributed by atoms with Crippen LogP contribution in [0.3, 0.4) is 0 Å². The summed E-state index contributed by atoms with van der Waals surface area (Å²) < 4.78 is 14.4. The Bertz CT molecular complexity index is 908. The molecule has 0 atom stereocenters. The van der Waals surface area contributed by atoms with E-state index in [1.165, 1.54) is 6.07 Å². The van der Waals surface area contributed by atoms with Crippen LogP contribution in [0.25, 0.3) is 5.57 Å². The molecule has 4 heteroatoms. The minimum absolute atomic E-state index is 0.320. The molecule has 1 aliphatic rings. The standard InChI is InChI=1S/C21H17FN2O/c1-3-12-24-13-19(18-6-4-5-7-20(18)22)21(23-15(24)2)17-10-8-16(14-25)9-11-17/h3-14H,2H2,1H3. The van der Waals surface area contributed by atoms with Gasteiger partial charge in [-0.3, -0.25) is 4.79 Å². The third kappa shape index (κ3) is 3.33. The first kappa shape index (κ1) is 16.6. The van der Waals surface area contributed by atoms with Gasteiger partial charge >= 0.3 is 0 Å². The lowest BCUT2D eigenvalue weighted by Crippen LogP contribution is -2.19. The highest BCUT2D eigenvalue weighted by molar-refractivity contribution is 6.32. The predicted octanol–water partition coefficient (Wildman–Crippen LogP) is 4.79. The van der Waals surface area contributed by atoms with Crippen molar-refractivity contribution in [1.29, 1.82) is 0 Å². The van der Waals surface area contributed by atoms with Crippen molar-refractivity contribution in [1.82, 2.24) is 4.90 Å². The fourth-order valence-corrected chi connectivity index (χ4v) is 2.63. The number of nitrogens with zero attached hydrogens (tertiary/aromatic N) is 2. The second-order valence-electron chi connectivity index (χ2n) is 5.53. The number of carbonyl (C=O) groups excluding carboxylic acids is 1. The Morgan fingerprint density at radius 1 is 1.12 bits per heavy atom. The highest BCUT2D eigenvalue weighted by Crippen LogP contribution is 2.29. The van der Waals surface area contributed by atoms with E-state index in [4.69, 9.17) is 0 Å². The second kappa shape index (κ2) is 7.09. The molecule has 0 saturated carbocycles. The lowest BCUT2D eigenvalue weighted by Gasteiger charge is -2.25. The van der Waals surface area contributed by atoms with Crippen molar-refractivity contribution in [2.75, 3.05) is 0 Å². The van der Waals surface area contributed by atoms with E-state index >= 15 is 0 Å². The van der Waals surface area contributed by atoms with Crippen LogP contribution < -0.4 is 0 Å². The first-order chi connectivity index (χ1) is 12.1. The number of hydrogen-bond donors (Lipinski definition) is 0. The van der Waals surface area contributed by atoms with Crippen LogP contribution in [0, 0.1) is 5.82 Å². The smallest absolute Gasteiger partial charge is 0.150 e. The molecule has 0 amide bonds. The first-order valence-corrected chi connectivity index (χ1v) is 7.85. The maximum Gasteiger partial charge on any atom is 0.150 e. The van der Waals surface area contributed by atoms with Crippen molar-refractivity contribution < 1.29 is 9.18 Å². The maximum absolute atomic E-state index is 14.4. The van der Waals surface area contributed by atoms with Gasteiger partial charge < -0.3 is 4.90 Å². The largest absolute Gasteiger partial charge is 0.309 e. The van der Waals surface area contributed by atoms with Crippen LogP contribution in [0.4, 0.5) is 4.39 Å².